The number of nitrogens with one attached hydrogen (secondary N) is 1. The minimum Gasteiger partial charge on any atom is -0.493 e. The zero-order valence-electron chi connectivity index (χ0n) is 19.7. The van der Waals surface area contributed by atoms with E-state index in [4.69, 9.17) is 9.47 Å². The van der Waals surface area contributed by atoms with Gasteiger partial charge in [-0.15, -0.1) is 5.10 Å². The van der Waals surface area contributed by atoms with Crippen molar-refractivity contribution >= 4 is 28.6 Å². The van der Waals surface area contributed by atoms with Crippen molar-refractivity contribution in [1.29, 1.82) is 0 Å². The second-order valence-electron chi connectivity index (χ2n) is 7.82. The molecule has 1 N–H and O–H groups in total. The second-order valence-corrected chi connectivity index (χ2v) is 8.79. The predicted molar refractivity (Wildman–Crippen MR) is 133 cm³/mol. The fourth-order valence-electron chi connectivity index (χ4n) is 3.59. The minimum atomic E-state index is -0.0672. The number of carbonyl (C=O) groups excluding carboxylic acids is 1. The second kappa shape index (κ2) is 10.6. The largest absolute Gasteiger partial charge is 0.493 e. The van der Waals surface area contributed by atoms with Gasteiger partial charge in [0.05, 0.1) is 37.6 Å². The van der Waals surface area contributed by atoms with E-state index in [0.29, 0.717) is 29.5 Å². The number of aryl methyl sites for hydroxylation is 2. The Kier molecular flexibility index (Phi) is 7.32. The molecule has 2 aromatic carbocycles. The van der Waals surface area contributed by atoms with E-state index in [-0.39, 0.29) is 11.7 Å². The molecule has 0 saturated heterocycles. The number of thioether (sulfide) groups is 1. The summed E-state index contributed by atoms with van der Waals surface area (Å²) < 4.78 is 12.5. The first-order valence-electron chi connectivity index (χ1n) is 10.9. The van der Waals surface area contributed by atoms with E-state index in [2.05, 4.69) is 20.6 Å². The molecule has 0 atom stereocenters. The van der Waals surface area contributed by atoms with Crippen molar-refractivity contribution in [2.24, 2.45) is 0 Å². The van der Waals surface area contributed by atoms with Crippen LogP contribution in [0.25, 0.3) is 16.6 Å². The van der Waals surface area contributed by atoms with Crippen LogP contribution in [0, 0.1) is 13.8 Å². The van der Waals surface area contributed by atoms with Crippen LogP contribution in [0.4, 0.5) is 0 Å². The van der Waals surface area contributed by atoms with Crippen LogP contribution in [0.15, 0.2) is 53.7 Å². The molecular formula is C25H27N5O3S. The number of hydrogen-bond donors (Lipinski definition) is 1. The molecule has 0 radical (unpaired) electrons. The van der Waals surface area contributed by atoms with Crippen LogP contribution in [-0.4, -0.2) is 52.4 Å². The van der Waals surface area contributed by atoms with Crippen LogP contribution in [0.3, 0.4) is 0 Å². The maximum absolute atomic E-state index is 12.5. The van der Waals surface area contributed by atoms with Crippen molar-refractivity contribution in [3.63, 3.8) is 0 Å². The number of methoxy groups -OCH3 is 2. The minimum absolute atomic E-state index is 0.0672. The summed E-state index contributed by atoms with van der Waals surface area (Å²) in [6.45, 7) is 4.47. The average Bonchev–Trinajstić information content (AvgIpc) is 3.30. The van der Waals surface area contributed by atoms with Crippen LogP contribution in [0.5, 0.6) is 11.5 Å². The number of nitrogens with zero attached hydrogens (tertiary/aromatic N) is 4. The third kappa shape index (κ3) is 5.14. The first-order chi connectivity index (χ1) is 16.5. The van der Waals surface area contributed by atoms with E-state index < -0.39 is 0 Å². The smallest absolute Gasteiger partial charge is 0.230 e. The molecule has 0 aliphatic heterocycles. The molecule has 0 saturated carbocycles. The lowest BCUT2D eigenvalue weighted by molar-refractivity contribution is -0.118. The van der Waals surface area contributed by atoms with Gasteiger partial charge < -0.3 is 14.8 Å². The van der Waals surface area contributed by atoms with Crippen molar-refractivity contribution in [3.05, 3.63) is 65.5 Å². The average molecular weight is 478 g/mol. The van der Waals surface area contributed by atoms with Gasteiger partial charge in [0.1, 0.15) is 10.5 Å². The number of benzene rings is 2. The molecule has 9 heteroatoms. The van der Waals surface area contributed by atoms with Gasteiger partial charge in [0.15, 0.2) is 11.5 Å². The summed E-state index contributed by atoms with van der Waals surface area (Å²) in [6.07, 6.45) is 2.48. The van der Waals surface area contributed by atoms with Gasteiger partial charge in [-0.2, -0.15) is 10.2 Å². The zero-order chi connectivity index (χ0) is 24.1. The van der Waals surface area contributed by atoms with Gasteiger partial charge in [0, 0.05) is 11.9 Å². The summed E-state index contributed by atoms with van der Waals surface area (Å²) >= 11 is 1.36. The molecule has 4 aromatic rings. The first-order valence-corrected chi connectivity index (χ1v) is 11.9. The number of rotatable bonds is 9. The van der Waals surface area contributed by atoms with Crippen molar-refractivity contribution in [1.82, 2.24) is 25.3 Å². The molecular weight excluding hydrogens is 450 g/mol. The van der Waals surface area contributed by atoms with Gasteiger partial charge in [-0.05, 0) is 50.1 Å². The number of ether oxygens (including phenoxy) is 2. The van der Waals surface area contributed by atoms with E-state index in [1.54, 1.807) is 20.4 Å². The van der Waals surface area contributed by atoms with Crippen molar-refractivity contribution in [3.8, 4) is 17.2 Å². The summed E-state index contributed by atoms with van der Waals surface area (Å²) in [7, 11) is 3.21. The van der Waals surface area contributed by atoms with Crippen molar-refractivity contribution < 1.29 is 14.3 Å². The van der Waals surface area contributed by atoms with Crippen molar-refractivity contribution in [2.45, 2.75) is 25.3 Å². The monoisotopic (exact) mass is 477 g/mol. The molecule has 176 valence electrons. The van der Waals surface area contributed by atoms with Crippen LogP contribution < -0.4 is 14.8 Å². The van der Waals surface area contributed by atoms with E-state index in [0.717, 1.165) is 27.8 Å². The molecule has 0 bridgehead atoms. The number of aromatic nitrogens is 4. The predicted octanol–water partition coefficient (Wildman–Crippen LogP) is 3.90. The fraction of sp³-hybridized carbons (Fsp3) is 0.280. The summed E-state index contributed by atoms with van der Waals surface area (Å²) in [4.78, 5) is 12.5. The van der Waals surface area contributed by atoms with E-state index in [9.17, 15) is 4.79 Å². The van der Waals surface area contributed by atoms with E-state index in [1.165, 1.54) is 17.3 Å². The fourth-order valence-corrected chi connectivity index (χ4v) is 4.39. The Morgan fingerprint density at radius 1 is 1.03 bits per heavy atom. The summed E-state index contributed by atoms with van der Waals surface area (Å²) in [5, 5.41) is 17.8. The Bertz CT molecular complexity index is 1300. The van der Waals surface area contributed by atoms with Crippen LogP contribution in [0.1, 0.15) is 16.8 Å². The van der Waals surface area contributed by atoms with Crippen LogP contribution in [0.2, 0.25) is 0 Å². The Morgan fingerprint density at radius 2 is 1.79 bits per heavy atom. The van der Waals surface area contributed by atoms with Gasteiger partial charge in [-0.3, -0.25) is 4.79 Å². The summed E-state index contributed by atoms with van der Waals surface area (Å²) in [5.41, 5.74) is 4.83. The number of carbonyl (C=O) groups is 1. The normalized spacial score (nSPS) is 10.9. The summed E-state index contributed by atoms with van der Waals surface area (Å²) in [6, 6.07) is 13.9. The summed E-state index contributed by atoms with van der Waals surface area (Å²) in [5.74, 6) is 1.52. The molecule has 0 spiro atoms. The molecule has 2 heterocycles. The standard InChI is InChI=1S/C25H27N5O3S/c1-16-5-8-19(9-6-16)30-24-20(14-27-30)17(2)28-29-25(24)34-15-23(31)26-12-11-18-7-10-21(32-3)22(13-18)33-4/h5-10,13-14H,11-12,15H2,1-4H3,(H,26,31). The highest BCUT2D eigenvalue weighted by atomic mass is 32.2. The highest BCUT2D eigenvalue weighted by molar-refractivity contribution is 8.00. The molecule has 8 nitrogen and oxygen atoms in total. The van der Waals surface area contributed by atoms with Gasteiger partial charge in [-0.25, -0.2) is 4.68 Å². The Labute approximate surface area is 202 Å². The Morgan fingerprint density at radius 3 is 2.53 bits per heavy atom. The molecule has 0 unspecified atom stereocenters. The highest BCUT2D eigenvalue weighted by Gasteiger charge is 2.16. The number of amides is 1. The Balaban J connectivity index is 1.41. The molecule has 2 aromatic heterocycles. The molecule has 0 aliphatic rings. The topological polar surface area (TPSA) is 91.2 Å². The molecule has 34 heavy (non-hydrogen) atoms. The zero-order valence-corrected chi connectivity index (χ0v) is 20.5. The lowest BCUT2D eigenvalue weighted by atomic mass is 10.1. The number of fused-ring (bicyclic) bond motifs is 1. The Hall–Kier alpha value is -3.59. The maximum Gasteiger partial charge on any atom is 0.230 e. The van der Waals surface area contributed by atoms with E-state index in [1.807, 2.05) is 61.0 Å². The quantitative estimate of drug-likeness (QED) is 0.366. The van der Waals surface area contributed by atoms with Crippen LogP contribution >= 0.6 is 11.8 Å². The van der Waals surface area contributed by atoms with Gasteiger partial charge >= 0.3 is 0 Å². The molecule has 4 rings (SSSR count). The molecule has 1 amide bonds. The third-order valence-electron chi connectivity index (χ3n) is 5.45. The molecule has 0 aliphatic carbocycles. The molecule has 0 fully saturated rings. The van der Waals surface area contributed by atoms with Gasteiger partial charge in [0.25, 0.3) is 0 Å². The van der Waals surface area contributed by atoms with Gasteiger partial charge in [0.2, 0.25) is 5.91 Å². The number of hydrogen-bond acceptors (Lipinski definition) is 7. The van der Waals surface area contributed by atoms with Crippen molar-refractivity contribution in [2.75, 3.05) is 26.5 Å². The highest BCUT2D eigenvalue weighted by Crippen LogP contribution is 2.29. The lowest BCUT2D eigenvalue weighted by Crippen LogP contribution is -2.27. The SMILES string of the molecule is COc1ccc(CCNC(=O)CSc2nnc(C)c3cnn(-c4ccc(C)cc4)c23)cc1OC. The third-order valence-corrected chi connectivity index (χ3v) is 6.41. The van der Waals surface area contributed by atoms with E-state index >= 15 is 0 Å². The first kappa shape index (κ1) is 23.6. The maximum atomic E-state index is 12.5. The van der Waals surface area contributed by atoms with Gasteiger partial charge in [-0.1, -0.05) is 35.5 Å². The van der Waals surface area contributed by atoms with Crippen LogP contribution in [-0.2, 0) is 11.2 Å². The lowest BCUT2D eigenvalue weighted by Gasteiger charge is -2.10.